The topological polar surface area (TPSA) is 72.6 Å². The Balaban J connectivity index is 1.54. The summed E-state index contributed by atoms with van der Waals surface area (Å²) in [5, 5.41) is 12.6. The van der Waals surface area contributed by atoms with Gasteiger partial charge in [0.1, 0.15) is 6.33 Å². The third kappa shape index (κ3) is 3.00. The molecule has 1 aromatic carbocycles. The van der Waals surface area contributed by atoms with Gasteiger partial charge in [0.2, 0.25) is 5.65 Å². The molecule has 0 radical (unpaired) electrons. The van der Waals surface area contributed by atoms with Crippen LogP contribution in [0.25, 0.3) is 5.65 Å². The number of anilines is 1. The van der Waals surface area contributed by atoms with Crippen molar-refractivity contribution < 1.29 is 9.53 Å². The number of esters is 1. The van der Waals surface area contributed by atoms with E-state index in [9.17, 15) is 4.79 Å². The van der Waals surface area contributed by atoms with Gasteiger partial charge in [0.25, 0.3) is 0 Å². The van der Waals surface area contributed by atoms with Crippen molar-refractivity contribution in [2.45, 2.75) is 19.8 Å². The van der Waals surface area contributed by atoms with Gasteiger partial charge in [-0.25, -0.2) is 4.79 Å². The molecule has 1 unspecified atom stereocenters. The number of aryl methyl sites for hydroxylation is 1. The SMILES string of the molecule is COC(=O)c1ccccc1CC1CCN(c2cc(C)nn3cnnc23)C1. The largest absolute Gasteiger partial charge is 0.465 e. The fraction of sp³-hybridized carbons (Fsp3) is 0.368. The molecule has 1 atom stereocenters. The molecular weight excluding hydrogens is 330 g/mol. The summed E-state index contributed by atoms with van der Waals surface area (Å²) in [6.07, 6.45) is 3.55. The van der Waals surface area contributed by atoms with Crippen LogP contribution in [0.3, 0.4) is 0 Å². The minimum atomic E-state index is -0.273. The second-order valence-electron chi connectivity index (χ2n) is 6.72. The van der Waals surface area contributed by atoms with Crippen LogP contribution in [0.5, 0.6) is 0 Å². The standard InChI is InChI=1S/C19H21N5O2/c1-13-9-17(18-21-20-12-24(18)22-13)23-8-7-14(11-23)10-15-5-3-4-6-16(15)19(25)26-2/h3-6,9,12,14H,7-8,10-11H2,1-2H3. The molecule has 26 heavy (non-hydrogen) atoms. The molecule has 0 N–H and O–H groups in total. The van der Waals surface area contributed by atoms with Crippen molar-refractivity contribution in [3.63, 3.8) is 0 Å². The summed E-state index contributed by atoms with van der Waals surface area (Å²) in [7, 11) is 1.42. The van der Waals surface area contributed by atoms with E-state index in [1.807, 2.05) is 31.2 Å². The van der Waals surface area contributed by atoms with E-state index in [0.717, 1.165) is 48.5 Å². The summed E-state index contributed by atoms with van der Waals surface area (Å²) in [4.78, 5) is 14.3. The van der Waals surface area contributed by atoms with Gasteiger partial charge in [0.15, 0.2) is 0 Å². The normalized spacial score (nSPS) is 17.0. The summed E-state index contributed by atoms with van der Waals surface area (Å²) in [6, 6.07) is 9.76. The lowest BCUT2D eigenvalue weighted by atomic mass is 9.95. The molecule has 1 aliphatic heterocycles. The van der Waals surface area contributed by atoms with Crippen LogP contribution in [0.2, 0.25) is 0 Å². The van der Waals surface area contributed by atoms with Crippen LogP contribution in [-0.4, -0.2) is 46.0 Å². The van der Waals surface area contributed by atoms with Crippen LogP contribution in [0.4, 0.5) is 5.69 Å². The summed E-state index contributed by atoms with van der Waals surface area (Å²) in [5.74, 6) is 0.197. The van der Waals surface area contributed by atoms with Crippen LogP contribution < -0.4 is 4.90 Å². The molecule has 7 heteroatoms. The Labute approximate surface area is 151 Å². The molecule has 1 fully saturated rings. The minimum Gasteiger partial charge on any atom is -0.465 e. The lowest BCUT2D eigenvalue weighted by Gasteiger charge is -2.19. The van der Waals surface area contributed by atoms with Crippen molar-refractivity contribution in [1.82, 2.24) is 19.8 Å². The zero-order valence-corrected chi connectivity index (χ0v) is 14.9. The first-order valence-corrected chi connectivity index (χ1v) is 8.74. The maximum absolute atomic E-state index is 12.0. The highest BCUT2D eigenvalue weighted by atomic mass is 16.5. The first-order chi connectivity index (χ1) is 12.7. The molecule has 7 nitrogen and oxygen atoms in total. The van der Waals surface area contributed by atoms with E-state index in [1.54, 1.807) is 10.8 Å². The highest BCUT2D eigenvalue weighted by molar-refractivity contribution is 5.91. The van der Waals surface area contributed by atoms with E-state index >= 15 is 0 Å². The number of benzene rings is 1. The van der Waals surface area contributed by atoms with Crippen molar-refractivity contribution >= 4 is 17.3 Å². The van der Waals surface area contributed by atoms with Crippen molar-refractivity contribution in [1.29, 1.82) is 0 Å². The Kier molecular flexibility index (Phi) is 4.28. The number of carbonyl (C=O) groups excluding carboxylic acids is 1. The van der Waals surface area contributed by atoms with Crippen LogP contribution in [-0.2, 0) is 11.2 Å². The molecule has 3 heterocycles. The van der Waals surface area contributed by atoms with E-state index < -0.39 is 0 Å². The third-order valence-electron chi connectivity index (χ3n) is 4.93. The Morgan fingerprint density at radius 2 is 2.19 bits per heavy atom. The molecule has 3 aromatic rings. The van der Waals surface area contributed by atoms with Crippen LogP contribution >= 0.6 is 0 Å². The molecule has 0 bridgehead atoms. The zero-order chi connectivity index (χ0) is 18.1. The molecule has 1 saturated heterocycles. The Morgan fingerprint density at radius 3 is 3.04 bits per heavy atom. The van der Waals surface area contributed by atoms with E-state index in [2.05, 4.69) is 26.3 Å². The van der Waals surface area contributed by atoms with E-state index in [4.69, 9.17) is 4.74 Å². The number of methoxy groups -OCH3 is 1. The quantitative estimate of drug-likeness (QED) is 0.672. The number of ether oxygens (including phenoxy) is 1. The number of hydrogen-bond acceptors (Lipinski definition) is 6. The smallest absolute Gasteiger partial charge is 0.338 e. The predicted octanol–water partition coefficient (Wildman–Crippen LogP) is 2.29. The van der Waals surface area contributed by atoms with Gasteiger partial charge in [-0.05, 0) is 43.4 Å². The van der Waals surface area contributed by atoms with Gasteiger partial charge in [0.05, 0.1) is 24.1 Å². The third-order valence-corrected chi connectivity index (χ3v) is 4.93. The maximum Gasteiger partial charge on any atom is 0.338 e. The number of rotatable bonds is 4. The number of aromatic nitrogens is 4. The Hall–Kier alpha value is -2.96. The number of carbonyl (C=O) groups is 1. The molecule has 0 amide bonds. The van der Waals surface area contributed by atoms with Crippen molar-refractivity contribution in [3.8, 4) is 0 Å². The lowest BCUT2D eigenvalue weighted by molar-refractivity contribution is 0.0599. The minimum absolute atomic E-state index is 0.273. The molecule has 4 rings (SSSR count). The van der Waals surface area contributed by atoms with Gasteiger partial charge >= 0.3 is 5.97 Å². The van der Waals surface area contributed by atoms with Gasteiger partial charge in [-0.2, -0.15) is 9.61 Å². The van der Waals surface area contributed by atoms with E-state index in [0.29, 0.717) is 11.5 Å². The van der Waals surface area contributed by atoms with Gasteiger partial charge < -0.3 is 9.64 Å². The molecular formula is C19H21N5O2. The number of nitrogens with zero attached hydrogens (tertiary/aromatic N) is 5. The number of hydrogen-bond donors (Lipinski definition) is 0. The van der Waals surface area contributed by atoms with E-state index in [-0.39, 0.29) is 5.97 Å². The average Bonchev–Trinajstić information content (AvgIpc) is 3.30. The van der Waals surface area contributed by atoms with Crippen LogP contribution in [0.15, 0.2) is 36.7 Å². The zero-order valence-electron chi connectivity index (χ0n) is 14.9. The van der Waals surface area contributed by atoms with Gasteiger partial charge in [-0.1, -0.05) is 18.2 Å². The molecule has 0 aliphatic carbocycles. The van der Waals surface area contributed by atoms with Crippen LogP contribution in [0, 0.1) is 12.8 Å². The molecule has 1 aliphatic rings. The van der Waals surface area contributed by atoms with Crippen molar-refractivity contribution in [3.05, 3.63) is 53.5 Å². The Bertz CT molecular complexity index is 952. The fourth-order valence-corrected chi connectivity index (χ4v) is 3.70. The first-order valence-electron chi connectivity index (χ1n) is 8.74. The maximum atomic E-state index is 12.0. The van der Waals surface area contributed by atoms with Gasteiger partial charge in [-0.15, -0.1) is 10.2 Å². The lowest BCUT2D eigenvalue weighted by Crippen LogP contribution is -2.22. The van der Waals surface area contributed by atoms with Crippen molar-refractivity contribution in [2.24, 2.45) is 5.92 Å². The summed E-state index contributed by atoms with van der Waals surface area (Å²) < 4.78 is 6.64. The molecule has 134 valence electrons. The highest BCUT2D eigenvalue weighted by Gasteiger charge is 2.26. The molecule has 2 aromatic heterocycles. The second kappa shape index (κ2) is 6.74. The first kappa shape index (κ1) is 16.5. The summed E-state index contributed by atoms with van der Waals surface area (Å²) >= 11 is 0. The van der Waals surface area contributed by atoms with Crippen LogP contribution in [0.1, 0.15) is 28.0 Å². The van der Waals surface area contributed by atoms with E-state index in [1.165, 1.54) is 7.11 Å². The summed E-state index contributed by atoms with van der Waals surface area (Å²) in [5.41, 5.74) is 4.49. The summed E-state index contributed by atoms with van der Waals surface area (Å²) in [6.45, 7) is 3.85. The second-order valence-corrected chi connectivity index (χ2v) is 6.72. The Morgan fingerprint density at radius 1 is 1.35 bits per heavy atom. The number of fused-ring (bicyclic) bond motifs is 1. The predicted molar refractivity (Wildman–Crippen MR) is 97.3 cm³/mol. The fourth-order valence-electron chi connectivity index (χ4n) is 3.70. The molecule has 0 spiro atoms. The van der Waals surface area contributed by atoms with Crippen molar-refractivity contribution in [2.75, 3.05) is 25.1 Å². The van der Waals surface area contributed by atoms with Gasteiger partial charge in [-0.3, -0.25) is 0 Å². The highest BCUT2D eigenvalue weighted by Crippen LogP contribution is 2.29. The monoisotopic (exact) mass is 351 g/mol. The molecule has 0 saturated carbocycles. The average molecular weight is 351 g/mol. The van der Waals surface area contributed by atoms with Gasteiger partial charge in [0, 0.05) is 13.1 Å².